The summed E-state index contributed by atoms with van der Waals surface area (Å²) in [6.07, 6.45) is 1.08. The predicted octanol–water partition coefficient (Wildman–Crippen LogP) is 3.69. The van der Waals surface area contributed by atoms with E-state index >= 15 is 0 Å². The van der Waals surface area contributed by atoms with Gasteiger partial charge in [-0.15, -0.1) is 0 Å². The van der Waals surface area contributed by atoms with E-state index in [1.165, 1.54) is 11.3 Å². The van der Waals surface area contributed by atoms with Crippen LogP contribution in [0.25, 0.3) is 5.57 Å². The molecule has 1 atom stereocenters. The molecule has 3 rings (SSSR count). The molecule has 2 aromatic rings. The highest BCUT2D eigenvalue weighted by Gasteiger charge is 2.28. The Kier molecular flexibility index (Phi) is 5.01. The normalized spacial score (nSPS) is 16.5. The van der Waals surface area contributed by atoms with E-state index in [0.717, 1.165) is 4.47 Å². The highest BCUT2D eigenvalue weighted by Crippen LogP contribution is 2.31. The maximum absolute atomic E-state index is 12.0. The van der Waals surface area contributed by atoms with E-state index in [2.05, 4.69) is 15.9 Å². The molecule has 124 valence electrons. The van der Waals surface area contributed by atoms with Gasteiger partial charge in [0.25, 0.3) is 0 Å². The average molecular weight is 409 g/mol. The zero-order valence-corrected chi connectivity index (χ0v) is 15.1. The molecule has 24 heavy (non-hydrogen) atoms. The largest absolute Gasteiger partial charge is 0.496 e. The first-order valence-corrected chi connectivity index (χ1v) is 8.78. The highest BCUT2D eigenvalue weighted by molar-refractivity contribution is 9.10. The molecule has 0 fully saturated rings. The molecular weight excluding hydrogens is 396 g/mol. The molecule has 0 radical (unpaired) electrons. The van der Waals surface area contributed by atoms with Gasteiger partial charge in [0.1, 0.15) is 12.4 Å². The van der Waals surface area contributed by atoms with Crippen molar-refractivity contribution in [1.29, 1.82) is 0 Å². The van der Waals surface area contributed by atoms with Crippen LogP contribution in [0.1, 0.15) is 15.9 Å². The first kappa shape index (κ1) is 16.7. The Morgan fingerprint density at radius 2 is 2.21 bits per heavy atom. The lowest BCUT2D eigenvalue weighted by Crippen LogP contribution is -2.18. The summed E-state index contributed by atoms with van der Waals surface area (Å²) >= 11 is 4.80. The van der Waals surface area contributed by atoms with E-state index < -0.39 is 18.0 Å². The molecule has 0 aliphatic carbocycles. The number of esters is 2. The van der Waals surface area contributed by atoms with Gasteiger partial charge < -0.3 is 14.2 Å². The molecular formula is C17H13BrO5S. The van der Waals surface area contributed by atoms with E-state index in [0.29, 0.717) is 22.4 Å². The summed E-state index contributed by atoms with van der Waals surface area (Å²) in [5.74, 6) is -0.197. The second kappa shape index (κ2) is 7.19. The van der Waals surface area contributed by atoms with Gasteiger partial charge in [0.2, 0.25) is 0 Å². The van der Waals surface area contributed by atoms with Crippen molar-refractivity contribution >= 4 is 44.8 Å². The smallest absolute Gasteiger partial charge is 0.339 e. The van der Waals surface area contributed by atoms with Gasteiger partial charge >= 0.3 is 11.9 Å². The van der Waals surface area contributed by atoms with Crippen LogP contribution in [0.2, 0.25) is 0 Å². The zero-order valence-electron chi connectivity index (χ0n) is 12.7. The van der Waals surface area contributed by atoms with Crippen LogP contribution in [0.4, 0.5) is 0 Å². The molecule has 7 heteroatoms. The van der Waals surface area contributed by atoms with Crippen molar-refractivity contribution in [1.82, 2.24) is 0 Å². The Bertz CT molecular complexity index is 797. The van der Waals surface area contributed by atoms with Crippen LogP contribution >= 0.6 is 27.3 Å². The SMILES string of the molecule is COc1ccc(C2=CC(COC(=O)c3ccsc3)OC2=O)cc1Br. The van der Waals surface area contributed by atoms with E-state index in [1.807, 2.05) is 0 Å². The molecule has 5 nitrogen and oxygen atoms in total. The molecule has 2 heterocycles. The summed E-state index contributed by atoms with van der Waals surface area (Å²) in [6.45, 7) is -0.0127. The van der Waals surface area contributed by atoms with Crippen LogP contribution in [0.3, 0.4) is 0 Å². The van der Waals surface area contributed by atoms with Gasteiger partial charge in [0.15, 0.2) is 6.10 Å². The van der Waals surface area contributed by atoms with Gasteiger partial charge in [-0.3, -0.25) is 0 Å². The molecule has 0 bridgehead atoms. The number of ether oxygens (including phenoxy) is 3. The molecule has 1 aliphatic heterocycles. The van der Waals surface area contributed by atoms with Crippen LogP contribution in [0, 0.1) is 0 Å². The summed E-state index contributed by atoms with van der Waals surface area (Å²) in [4.78, 5) is 23.9. The fourth-order valence-corrected chi connectivity index (χ4v) is 3.41. The predicted molar refractivity (Wildman–Crippen MR) is 93.2 cm³/mol. The summed E-state index contributed by atoms with van der Waals surface area (Å²) in [5.41, 5.74) is 1.64. The number of carbonyl (C=O) groups excluding carboxylic acids is 2. The Balaban J connectivity index is 1.69. The molecule has 0 amide bonds. The Labute approximate surface area is 151 Å². The molecule has 0 spiro atoms. The lowest BCUT2D eigenvalue weighted by atomic mass is 10.1. The molecule has 1 aromatic heterocycles. The summed E-state index contributed by atoms with van der Waals surface area (Å²) < 4.78 is 16.3. The van der Waals surface area contributed by atoms with Gasteiger partial charge in [0, 0.05) is 5.38 Å². The van der Waals surface area contributed by atoms with Gasteiger partial charge in [-0.2, -0.15) is 11.3 Å². The van der Waals surface area contributed by atoms with Crippen LogP contribution in [0.15, 0.2) is 45.6 Å². The summed E-state index contributed by atoms with van der Waals surface area (Å²) in [7, 11) is 1.57. The quantitative estimate of drug-likeness (QED) is 0.706. The Morgan fingerprint density at radius 3 is 2.88 bits per heavy atom. The summed E-state index contributed by atoms with van der Waals surface area (Å²) in [6, 6.07) is 7.00. The monoisotopic (exact) mass is 408 g/mol. The van der Waals surface area contributed by atoms with Gasteiger partial charge in [-0.05, 0) is 51.1 Å². The van der Waals surface area contributed by atoms with Crippen molar-refractivity contribution < 1.29 is 23.8 Å². The maximum atomic E-state index is 12.0. The van der Waals surface area contributed by atoms with Crippen molar-refractivity contribution in [2.75, 3.05) is 13.7 Å². The van der Waals surface area contributed by atoms with Crippen LogP contribution in [0.5, 0.6) is 5.75 Å². The minimum Gasteiger partial charge on any atom is -0.496 e. The van der Waals surface area contributed by atoms with E-state index in [4.69, 9.17) is 14.2 Å². The number of carbonyl (C=O) groups is 2. The second-order valence-corrected chi connectivity index (χ2v) is 6.62. The third-order valence-electron chi connectivity index (χ3n) is 3.43. The Hall–Kier alpha value is -2.12. The van der Waals surface area contributed by atoms with Crippen molar-refractivity contribution in [3.63, 3.8) is 0 Å². The lowest BCUT2D eigenvalue weighted by Gasteiger charge is -2.08. The molecule has 1 aromatic carbocycles. The third-order valence-corrected chi connectivity index (χ3v) is 4.73. The lowest BCUT2D eigenvalue weighted by molar-refractivity contribution is -0.139. The number of rotatable bonds is 5. The molecule has 0 N–H and O–H groups in total. The van der Waals surface area contributed by atoms with Crippen LogP contribution in [-0.4, -0.2) is 31.8 Å². The minimum atomic E-state index is -0.587. The Morgan fingerprint density at radius 1 is 1.38 bits per heavy atom. The van der Waals surface area contributed by atoms with Crippen molar-refractivity contribution in [3.8, 4) is 5.75 Å². The molecule has 0 saturated carbocycles. The van der Waals surface area contributed by atoms with Gasteiger partial charge in [-0.25, -0.2) is 9.59 Å². The number of thiophene rings is 1. The van der Waals surface area contributed by atoms with Gasteiger partial charge in [-0.1, -0.05) is 6.07 Å². The van der Waals surface area contributed by atoms with Crippen molar-refractivity contribution in [3.05, 3.63) is 56.7 Å². The van der Waals surface area contributed by atoms with E-state index in [-0.39, 0.29) is 6.61 Å². The summed E-state index contributed by atoms with van der Waals surface area (Å²) in [5, 5.41) is 3.50. The number of cyclic esters (lactones) is 1. The van der Waals surface area contributed by atoms with E-state index in [1.54, 1.807) is 48.2 Å². The highest BCUT2D eigenvalue weighted by atomic mass is 79.9. The fourth-order valence-electron chi connectivity index (χ4n) is 2.24. The minimum absolute atomic E-state index is 0.0127. The fraction of sp³-hybridized carbons (Fsp3) is 0.176. The average Bonchev–Trinajstić information content (AvgIpc) is 3.22. The number of benzene rings is 1. The first-order chi connectivity index (χ1) is 11.6. The zero-order chi connectivity index (χ0) is 17.1. The number of hydrogen-bond donors (Lipinski definition) is 0. The number of hydrogen-bond acceptors (Lipinski definition) is 6. The van der Waals surface area contributed by atoms with Gasteiger partial charge in [0.05, 0.1) is 22.7 Å². The first-order valence-electron chi connectivity index (χ1n) is 7.04. The number of halogens is 1. The second-order valence-electron chi connectivity index (χ2n) is 4.98. The van der Waals surface area contributed by atoms with Crippen LogP contribution < -0.4 is 4.74 Å². The van der Waals surface area contributed by atoms with Crippen LogP contribution in [-0.2, 0) is 14.3 Å². The molecule has 0 saturated heterocycles. The number of methoxy groups -OCH3 is 1. The van der Waals surface area contributed by atoms with Crippen molar-refractivity contribution in [2.24, 2.45) is 0 Å². The third kappa shape index (κ3) is 3.52. The van der Waals surface area contributed by atoms with E-state index in [9.17, 15) is 9.59 Å². The van der Waals surface area contributed by atoms with Crippen molar-refractivity contribution in [2.45, 2.75) is 6.10 Å². The maximum Gasteiger partial charge on any atom is 0.339 e. The molecule has 1 unspecified atom stereocenters. The molecule has 1 aliphatic rings. The standard InChI is InChI=1S/C17H13BrO5S/c1-21-15-3-2-10(6-14(15)18)13-7-12(23-17(13)20)8-22-16(19)11-4-5-24-9-11/h2-7,9,12H,8H2,1H3. The topological polar surface area (TPSA) is 61.8 Å².